The zero-order valence-corrected chi connectivity index (χ0v) is 8.97. The molecule has 0 atom stereocenters. The highest BCUT2D eigenvalue weighted by molar-refractivity contribution is 5.45. The van der Waals surface area contributed by atoms with Crippen LogP contribution in [0, 0.1) is 0 Å². The minimum atomic E-state index is 0.432. The zero-order valence-electron chi connectivity index (χ0n) is 8.97. The number of ether oxygens (including phenoxy) is 1. The van der Waals surface area contributed by atoms with E-state index in [4.69, 9.17) is 4.74 Å². The molecule has 2 aromatic rings. The average molecular weight is 218 g/mol. The number of nitrogens with zero attached hydrogens (tertiary/aromatic N) is 3. The van der Waals surface area contributed by atoms with Crippen LogP contribution in [0.4, 0.5) is 5.95 Å². The maximum Gasteiger partial charge on any atom is 0.241 e. The number of hydrogen-bond donors (Lipinski definition) is 1. The molecule has 1 saturated heterocycles. The molecule has 3 heterocycles. The molecule has 1 aliphatic heterocycles. The Labute approximate surface area is 93.4 Å². The van der Waals surface area contributed by atoms with Crippen molar-refractivity contribution >= 4 is 11.5 Å². The standard InChI is InChI=1S/C11H14N4O/c1-2-10-8-12-11(14-15(10)5-1)13-9-3-6-16-7-4-9/h1-2,5,8-9H,3-4,6-7H2,(H,13,14). The second-order valence-corrected chi connectivity index (χ2v) is 3.99. The Bertz CT molecular complexity index is 476. The van der Waals surface area contributed by atoms with Gasteiger partial charge in [0.05, 0.1) is 11.7 Å². The van der Waals surface area contributed by atoms with E-state index in [-0.39, 0.29) is 0 Å². The summed E-state index contributed by atoms with van der Waals surface area (Å²) in [7, 11) is 0. The fourth-order valence-electron chi connectivity index (χ4n) is 1.92. The van der Waals surface area contributed by atoms with E-state index in [0.29, 0.717) is 12.0 Å². The second-order valence-electron chi connectivity index (χ2n) is 3.99. The molecule has 2 aromatic heterocycles. The lowest BCUT2D eigenvalue weighted by Gasteiger charge is -2.22. The Hall–Kier alpha value is -1.62. The summed E-state index contributed by atoms with van der Waals surface area (Å²) >= 11 is 0. The van der Waals surface area contributed by atoms with Gasteiger partial charge in [-0.2, -0.15) is 0 Å². The third-order valence-electron chi connectivity index (χ3n) is 2.83. The molecule has 0 radical (unpaired) electrons. The Morgan fingerprint density at radius 2 is 2.25 bits per heavy atom. The lowest BCUT2D eigenvalue weighted by Crippen LogP contribution is -2.28. The van der Waals surface area contributed by atoms with Gasteiger partial charge < -0.3 is 10.1 Å². The first-order valence-electron chi connectivity index (χ1n) is 5.56. The van der Waals surface area contributed by atoms with Crippen LogP contribution in [0.2, 0.25) is 0 Å². The number of anilines is 1. The van der Waals surface area contributed by atoms with Gasteiger partial charge >= 0.3 is 0 Å². The number of hydrogen-bond acceptors (Lipinski definition) is 4. The molecule has 0 unspecified atom stereocenters. The van der Waals surface area contributed by atoms with Crippen LogP contribution >= 0.6 is 0 Å². The number of rotatable bonds is 2. The maximum atomic E-state index is 5.31. The summed E-state index contributed by atoms with van der Waals surface area (Å²) < 4.78 is 7.14. The Balaban J connectivity index is 1.77. The van der Waals surface area contributed by atoms with Crippen LogP contribution in [0.3, 0.4) is 0 Å². The van der Waals surface area contributed by atoms with E-state index < -0.39 is 0 Å². The van der Waals surface area contributed by atoms with Crippen LogP contribution in [-0.2, 0) is 4.74 Å². The van der Waals surface area contributed by atoms with Crippen molar-refractivity contribution in [2.75, 3.05) is 18.5 Å². The molecule has 0 aromatic carbocycles. The highest BCUT2D eigenvalue weighted by Crippen LogP contribution is 2.11. The summed E-state index contributed by atoms with van der Waals surface area (Å²) in [6, 6.07) is 4.38. The van der Waals surface area contributed by atoms with Gasteiger partial charge in [-0.15, -0.1) is 5.10 Å². The molecule has 1 aliphatic rings. The molecule has 0 bridgehead atoms. The summed E-state index contributed by atoms with van der Waals surface area (Å²) in [5, 5.41) is 7.72. The van der Waals surface area contributed by atoms with E-state index in [1.807, 2.05) is 29.0 Å². The fourth-order valence-corrected chi connectivity index (χ4v) is 1.92. The molecule has 0 aliphatic carbocycles. The molecule has 3 rings (SSSR count). The normalized spacial score (nSPS) is 17.8. The van der Waals surface area contributed by atoms with E-state index in [1.54, 1.807) is 0 Å². The minimum Gasteiger partial charge on any atom is -0.381 e. The molecule has 0 amide bonds. The van der Waals surface area contributed by atoms with Gasteiger partial charge in [0.25, 0.3) is 0 Å². The number of aromatic nitrogens is 3. The lowest BCUT2D eigenvalue weighted by atomic mass is 10.1. The van der Waals surface area contributed by atoms with Gasteiger partial charge in [0.1, 0.15) is 0 Å². The van der Waals surface area contributed by atoms with Crippen molar-refractivity contribution in [3.8, 4) is 0 Å². The molecule has 1 N–H and O–H groups in total. The quantitative estimate of drug-likeness (QED) is 0.826. The van der Waals surface area contributed by atoms with Gasteiger partial charge in [-0.25, -0.2) is 9.50 Å². The van der Waals surface area contributed by atoms with Crippen molar-refractivity contribution in [2.24, 2.45) is 0 Å². The number of fused-ring (bicyclic) bond motifs is 1. The third kappa shape index (κ3) is 1.86. The van der Waals surface area contributed by atoms with E-state index in [0.717, 1.165) is 31.6 Å². The lowest BCUT2D eigenvalue weighted by molar-refractivity contribution is 0.0903. The van der Waals surface area contributed by atoms with Gasteiger partial charge in [-0.3, -0.25) is 0 Å². The highest BCUT2D eigenvalue weighted by Gasteiger charge is 2.14. The first-order valence-corrected chi connectivity index (χ1v) is 5.56. The molecule has 5 nitrogen and oxygen atoms in total. The predicted molar refractivity (Wildman–Crippen MR) is 60.5 cm³/mol. The number of nitrogens with one attached hydrogen (secondary N) is 1. The van der Waals surface area contributed by atoms with Crippen molar-refractivity contribution in [1.29, 1.82) is 0 Å². The van der Waals surface area contributed by atoms with Crippen molar-refractivity contribution in [3.05, 3.63) is 24.5 Å². The Morgan fingerprint density at radius 1 is 1.38 bits per heavy atom. The Morgan fingerprint density at radius 3 is 3.12 bits per heavy atom. The molecule has 1 fully saturated rings. The van der Waals surface area contributed by atoms with Gasteiger partial charge in [0.2, 0.25) is 5.95 Å². The second kappa shape index (κ2) is 4.09. The van der Waals surface area contributed by atoms with E-state index in [2.05, 4.69) is 15.4 Å². The van der Waals surface area contributed by atoms with Crippen LogP contribution in [0.5, 0.6) is 0 Å². The van der Waals surface area contributed by atoms with E-state index in [1.165, 1.54) is 0 Å². The molecule has 0 spiro atoms. The first-order chi connectivity index (χ1) is 7.92. The third-order valence-corrected chi connectivity index (χ3v) is 2.83. The van der Waals surface area contributed by atoms with Gasteiger partial charge in [0.15, 0.2) is 0 Å². The monoisotopic (exact) mass is 218 g/mol. The van der Waals surface area contributed by atoms with Crippen LogP contribution in [0.25, 0.3) is 5.52 Å². The van der Waals surface area contributed by atoms with Gasteiger partial charge in [-0.05, 0) is 25.0 Å². The van der Waals surface area contributed by atoms with Crippen molar-refractivity contribution in [1.82, 2.24) is 14.6 Å². The molecule has 5 heteroatoms. The summed E-state index contributed by atoms with van der Waals surface area (Å²) in [6.45, 7) is 1.65. The molecular formula is C11H14N4O. The van der Waals surface area contributed by atoms with Crippen LogP contribution in [0.1, 0.15) is 12.8 Å². The highest BCUT2D eigenvalue weighted by atomic mass is 16.5. The summed E-state index contributed by atoms with van der Waals surface area (Å²) in [5.41, 5.74) is 1.01. The average Bonchev–Trinajstić information content (AvgIpc) is 2.77. The summed E-state index contributed by atoms with van der Waals surface area (Å²) in [6.07, 6.45) is 5.79. The van der Waals surface area contributed by atoms with Crippen molar-refractivity contribution < 1.29 is 4.74 Å². The maximum absolute atomic E-state index is 5.31. The molecule has 84 valence electrons. The largest absolute Gasteiger partial charge is 0.381 e. The minimum absolute atomic E-state index is 0.432. The fraction of sp³-hybridized carbons (Fsp3) is 0.455. The van der Waals surface area contributed by atoms with Gasteiger partial charge in [-0.1, -0.05) is 0 Å². The van der Waals surface area contributed by atoms with Crippen molar-refractivity contribution in [3.63, 3.8) is 0 Å². The molecular weight excluding hydrogens is 204 g/mol. The first kappa shape index (κ1) is 9.59. The van der Waals surface area contributed by atoms with E-state index >= 15 is 0 Å². The van der Waals surface area contributed by atoms with Crippen LogP contribution in [-0.4, -0.2) is 33.9 Å². The molecule has 16 heavy (non-hydrogen) atoms. The topological polar surface area (TPSA) is 51.5 Å². The van der Waals surface area contributed by atoms with E-state index in [9.17, 15) is 0 Å². The van der Waals surface area contributed by atoms with Crippen molar-refractivity contribution in [2.45, 2.75) is 18.9 Å². The zero-order chi connectivity index (χ0) is 10.8. The SMILES string of the molecule is c1cc2cnc(NC3CCOCC3)nn2c1. The molecule has 0 saturated carbocycles. The van der Waals surface area contributed by atoms with Crippen LogP contribution in [0.15, 0.2) is 24.5 Å². The van der Waals surface area contributed by atoms with Gasteiger partial charge in [0, 0.05) is 25.5 Å². The smallest absolute Gasteiger partial charge is 0.241 e. The van der Waals surface area contributed by atoms with Crippen LogP contribution < -0.4 is 5.32 Å². The summed E-state index contributed by atoms with van der Waals surface area (Å²) in [4.78, 5) is 4.29. The Kier molecular flexibility index (Phi) is 2.46. The summed E-state index contributed by atoms with van der Waals surface area (Å²) in [5.74, 6) is 0.690. The predicted octanol–water partition coefficient (Wildman–Crippen LogP) is 1.32.